The van der Waals surface area contributed by atoms with Gasteiger partial charge in [0.05, 0.1) is 17.9 Å². The lowest BCUT2D eigenvalue weighted by Crippen LogP contribution is -2.48. The monoisotopic (exact) mass is 634 g/mol. The van der Waals surface area contributed by atoms with Crippen molar-refractivity contribution in [3.8, 4) is 0 Å². The summed E-state index contributed by atoms with van der Waals surface area (Å²) in [6.45, 7) is 1.94. The third kappa shape index (κ3) is 8.50. The molecule has 1 aromatic heterocycles. The van der Waals surface area contributed by atoms with E-state index in [0.29, 0.717) is 6.54 Å². The summed E-state index contributed by atoms with van der Waals surface area (Å²) in [5, 5.41) is 16.5. The second kappa shape index (κ2) is 12.6. The summed E-state index contributed by atoms with van der Waals surface area (Å²) in [5.41, 5.74) is 0.982. The number of nitrogens with one attached hydrogen (secondary N) is 3. The van der Waals surface area contributed by atoms with Crippen LogP contribution in [-0.4, -0.2) is 48.9 Å². The lowest BCUT2D eigenvalue weighted by molar-refractivity contribution is 0.0825. The highest BCUT2D eigenvalue weighted by atomic mass is 127. The van der Waals surface area contributed by atoms with Gasteiger partial charge < -0.3 is 20.2 Å². The fraction of sp³-hybridized carbons (Fsp3) is 0.304. The van der Waals surface area contributed by atoms with E-state index in [4.69, 9.17) is 4.42 Å². The fourth-order valence-electron chi connectivity index (χ4n) is 3.29. The number of anilines is 1. The van der Waals surface area contributed by atoms with E-state index in [9.17, 15) is 27.1 Å². The zero-order valence-electron chi connectivity index (χ0n) is 19.2. The molecule has 2 unspecified atom stereocenters. The fourth-order valence-corrected chi connectivity index (χ4v) is 4.40. The molecule has 0 radical (unpaired) electrons. The van der Waals surface area contributed by atoms with E-state index in [1.54, 1.807) is 0 Å². The third-order valence-corrected chi connectivity index (χ3v) is 7.01. The van der Waals surface area contributed by atoms with E-state index in [0.717, 1.165) is 33.6 Å². The van der Waals surface area contributed by atoms with Gasteiger partial charge in [-0.25, -0.2) is 21.9 Å². The van der Waals surface area contributed by atoms with E-state index in [1.165, 1.54) is 6.92 Å². The molecule has 3 rings (SSSR count). The first-order valence-electron chi connectivity index (χ1n) is 10.9. The largest absolute Gasteiger partial charge is 0.431 e. The van der Waals surface area contributed by atoms with Crippen LogP contribution in [0.4, 0.5) is 14.8 Å². The molecule has 13 heteroatoms. The van der Waals surface area contributed by atoms with E-state index in [1.807, 2.05) is 24.3 Å². The molecule has 2 aromatic carbocycles. The highest BCUT2D eigenvalue weighted by molar-refractivity contribution is 14.1. The van der Waals surface area contributed by atoms with Crippen LogP contribution in [0.15, 0.2) is 53.1 Å². The van der Waals surface area contributed by atoms with Gasteiger partial charge in [-0.15, -0.1) is 0 Å². The standard InChI is InChI=1S/C23H25F2IN4O5S/c1-2-36(33,34)30-23-29-20(13-35-23)22(32)28-19(9-15-6-16(24)10-17(25)7-15)21(31)12-27-11-14-4-3-5-18(26)8-14/h3-8,10,13,19,21,27,31H,2,9,11-12H2,1H3,(H,28,32)(H,29,30). The summed E-state index contributed by atoms with van der Waals surface area (Å²) in [6, 6.07) is 9.36. The minimum absolute atomic E-state index is 0.0641. The molecule has 0 saturated heterocycles. The predicted octanol–water partition coefficient (Wildman–Crippen LogP) is 2.81. The van der Waals surface area contributed by atoms with Gasteiger partial charge in [0.25, 0.3) is 5.91 Å². The van der Waals surface area contributed by atoms with E-state index in [2.05, 4.69) is 42.9 Å². The van der Waals surface area contributed by atoms with E-state index < -0.39 is 39.7 Å². The van der Waals surface area contributed by atoms with Crippen LogP contribution >= 0.6 is 22.6 Å². The van der Waals surface area contributed by atoms with Crippen LogP contribution < -0.4 is 15.4 Å². The molecule has 1 amide bonds. The Bertz CT molecular complexity index is 1280. The number of carbonyl (C=O) groups is 1. The van der Waals surface area contributed by atoms with Crippen molar-refractivity contribution in [3.05, 3.63) is 80.8 Å². The number of oxazole rings is 1. The van der Waals surface area contributed by atoms with Crippen molar-refractivity contribution in [1.82, 2.24) is 15.6 Å². The number of halogens is 3. The number of aromatic nitrogens is 1. The summed E-state index contributed by atoms with van der Waals surface area (Å²) in [7, 11) is -3.66. The smallest absolute Gasteiger partial charge is 0.309 e. The average molecular weight is 634 g/mol. The SMILES string of the molecule is CCS(=O)(=O)Nc1nc(C(=O)NC(Cc2cc(F)cc(F)c2)C(O)CNCc2cccc(I)c2)co1. The molecule has 0 aliphatic carbocycles. The molecule has 0 aliphatic rings. The Kier molecular flexibility index (Phi) is 9.76. The summed E-state index contributed by atoms with van der Waals surface area (Å²) < 4.78 is 58.9. The summed E-state index contributed by atoms with van der Waals surface area (Å²) >= 11 is 2.19. The van der Waals surface area contributed by atoms with Gasteiger partial charge >= 0.3 is 6.01 Å². The van der Waals surface area contributed by atoms with Crippen LogP contribution in [0.3, 0.4) is 0 Å². The zero-order chi connectivity index (χ0) is 26.3. The molecular weight excluding hydrogens is 609 g/mol. The lowest BCUT2D eigenvalue weighted by atomic mass is 10.0. The average Bonchev–Trinajstić information content (AvgIpc) is 3.26. The first-order chi connectivity index (χ1) is 17.0. The van der Waals surface area contributed by atoms with Crippen molar-refractivity contribution in [2.24, 2.45) is 0 Å². The minimum atomic E-state index is -3.66. The Hall–Kier alpha value is -2.62. The van der Waals surface area contributed by atoms with Crippen molar-refractivity contribution < 1.29 is 31.5 Å². The molecule has 2 atom stereocenters. The molecule has 3 aromatic rings. The Balaban J connectivity index is 1.71. The number of aliphatic hydroxyl groups excluding tert-OH is 1. The molecule has 9 nitrogen and oxygen atoms in total. The van der Waals surface area contributed by atoms with E-state index in [-0.39, 0.29) is 36.0 Å². The molecule has 0 saturated carbocycles. The summed E-state index contributed by atoms with van der Waals surface area (Å²) in [6.07, 6.45) is -0.267. The van der Waals surface area contributed by atoms with Gasteiger partial charge in [0.1, 0.15) is 17.9 Å². The second-order valence-electron chi connectivity index (χ2n) is 7.93. The van der Waals surface area contributed by atoms with Gasteiger partial charge in [-0.3, -0.25) is 4.79 Å². The predicted molar refractivity (Wildman–Crippen MR) is 138 cm³/mol. The molecule has 0 aliphatic heterocycles. The van der Waals surface area contributed by atoms with Crippen LogP contribution in [0, 0.1) is 15.2 Å². The molecular formula is C23H25F2IN4O5S. The molecule has 0 spiro atoms. The number of amides is 1. The molecule has 1 heterocycles. The summed E-state index contributed by atoms with van der Waals surface area (Å²) in [4.78, 5) is 16.6. The van der Waals surface area contributed by atoms with Gasteiger partial charge in [-0.2, -0.15) is 4.98 Å². The first kappa shape index (κ1) is 28.0. The van der Waals surface area contributed by atoms with Crippen LogP contribution in [0.1, 0.15) is 28.5 Å². The van der Waals surface area contributed by atoms with Crippen molar-refractivity contribution >= 4 is 44.5 Å². The van der Waals surface area contributed by atoms with Crippen molar-refractivity contribution in [1.29, 1.82) is 0 Å². The molecule has 36 heavy (non-hydrogen) atoms. The van der Waals surface area contributed by atoms with E-state index >= 15 is 0 Å². The maximum absolute atomic E-state index is 13.7. The van der Waals surface area contributed by atoms with Crippen LogP contribution in [0.25, 0.3) is 0 Å². The van der Waals surface area contributed by atoms with Crippen molar-refractivity contribution in [2.45, 2.75) is 32.0 Å². The number of carbonyl (C=O) groups excluding carboxylic acids is 1. The normalized spacial score (nSPS) is 13.2. The Morgan fingerprint density at radius 1 is 1.17 bits per heavy atom. The molecule has 0 bridgehead atoms. The number of nitrogens with zero attached hydrogens (tertiary/aromatic N) is 1. The maximum atomic E-state index is 13.7. The van der Waals surface area contributed by atoms with Gasteiger partial charge in [0, 0.05) is 22.7 Å². The number of rotatable bonds is 12. The minimum Gasteiger partial charge on any atom is -0.431 e. The van der Waals surface area contributed by atoms with Crippen molar-refractivity contribution in [3.63, 3.8) is 0 Å². The quantitative estimate of drug-likeness (QED) is 0.225. The van der Waals surface area contributed by atoms with Gasteiger partial charge in [0.15, 0.2) is 5.69 Å². The molecule has 4 N–H and O–H groups in total. The zero-order valence-corrected chi connectivity index (χ0v) is 22.1. The van der Waals surface area contributed by atoms with Crippen molar-refractivity contribution in [2.75, 3.05) is 17.0 Å². The second-order valence-corrected chi connectivity index (χ2v) is 11.2. The van der Waals surface area contributed by atoms with Crippen LogP contribution in [-0.2, 0) is 23.0 Å². The van der Waals surface area contributed by atoms with Gasteiger partial charge in [0.2, 0.25) is 10.0 Å². The molecule has 194 valence electrons. The Morgan fingerprint density at radius 2 is 1.89 bits per heavy atom. The number of sulfonamides is 1. The topological polar surface area (TPSA) is 134 Å². The van der Waals surface area contributed by atoms with Gasteiger partial charge in [-0.1, -0.05) is 12.1 Å². The number of hydrogen-bond acceptors (Lipinski definition) is 7. The van der Waals surface area contributed by atoms with Gasteiger partial charge in [-0.05, 0) is 71.3 Å². The number of hydrogen-bond donors (Lipinski definition) is 4. The maximum Gasteiger partial charge on any atom is 0.309 e. The van der Waals surface area contributed by atoms with Crippen LogP contribution in [0.5, 0.6) is 0 Å². The molecule has 0 fully saturated rings. The Morgan fingerprint density at radius 3 is 2.56 bits per heavy atom. The lowest BCUT2D eigenvalue weighted by Gasteiger charge is -2.24. The number of aliphatic hydroxyl groups is 1. The Labute approximate surface area is 220 Å². The third-order valence-electron chi connectivity index (χ3n) is 5.09. The van der Waals surface area contributed by atoms with Crippen LogP contribution in [0.2, 0.25) is 0 Å². The summed E-state index contributed by atoms with van der Waals surface area (Å²) in [5.74, 6) is -2.56. The highest BCUT2D eigenvalue weighted by Crippen LogP contribution is 2.14. The highest BCUT2D eigenvalue weighted by Gasteiger charge is 2.25. The first-order valence-corrected chi connectivity index (χ1v) is 13.6. The number of benzene rings is 2.